The Labute approximate surface area is 121 Å². The topological polar surface area (TPSA) is 80.5 Å². The van der Waals surface area contributed by atoms with Crippen LogP contribution in [0.4, 0.5) is 0 Å². The summed E-state index contributed by atoms with van der Waals surface area (Å²) < 4.78 is 7.04. The van der Waals surface area contributed by atoms with Crippen LogP contribution in [0.2, 0.25) is 0 Å². The van der Waals surface area contributed by atoms with Crippen LogP contribution in [0.15, 0.2) is 37.1 Å². The molecule has 1 saturated heterocycles. The molecule has 1 N–H and O–H groups in total. The van der Waals surface area contributed by atoms with Gasteiger partial charge in [-0.05, 0) is 12.1 Å². The summed E-state index contributed by atoms with van der Waals surface area (Å²) in [6.07, 6.45) is 6.64. The Morgan fingerprint density at radius 1 is 1.48 bits per heavy atom. The Morgan fingerprint density at radius 3 is 3.05 bits per heavy atom. The van der Waals surface area contributed by atoms with Crippen LogP contribution in [-0.4, -0.2) is 62.9 Å². The van der Waals surface area contributed by atoms with Gasteiger partial charge in [-0.15, -0.1) is 0 Å². The largest absolute Gasteiger partial charge is 0.394 e. The number of morpholine rings is 1. The van der Waals surface area contributed by atoms with Crippen LogP contribution in [0.25, 0.3) is 5.82 Å². The molecule has 1 fully saturated rings. The summed E-state index contributed by atoms with van der Waals surface area (Å²) >= 11 is 0. The predicted molar refractivity (Wildman–Crippen MR) is 74.1 cm³/mol. The number of hydrogen-bond acceptors (Lipinski definition) is 5. The fourth-order valence-electron chi connectivity index (χ4n) is 2.30. The first-order valence-electron chi connectivity index (χ1n) is 6.73. The second-order valence-electron chi connectivity index (χ2n) is 4.78. The third-order valence-electron chi connectivity index (χ3n) is 3.46. The molecule has 21 heavy (non-hydrogen) atoms. The average Bonchev–Trinajstić information content (AvgIpc) is 3.09. The zero-order valence-corrected chi connectivity index (χ0v) is 11.4. The molecule has 0 saturated carbocycles. The van der Waals surface area contributed by atoms with E-state index in [1.54, 1.807) is 46.5 Å². The van der Waals surface area contributed by atoms with E-state index in [0.29, 0.717) is 31.1 Å². The summed E-state index contributed by atoms with van der Waals surface area (Å²) in [7, 11) is 0. The maximum Gasteiger partial charge on any atom is 0.255 e. The van der Waals surface area contributed by atoms with Gasteiger partial charge in [-0.1, -0.05) is 0 Å². The van der Waals surface area contributed by atoms with E-state index >= 15 is 0 Å². The molecule has 3 heterocycles. The van der Waals surface area contributed by atoms with E-state index in [1.807, 2.05) is 0 Å². The molecule has 7 nitrogen and oxygen atoms in total. The van der Waals surface area contributed by atoms with Gasteiger partial charge < -0.3 is 14.7 Å². The van der Waals surface area contributed by atoms with Gasteiger partial charge >= 0.3 is 0 Å². The molecule has 110 valence electrons. The van der Waals surface area contributed by atoms with Crippen molar-refractivity contribution >= 4 is 5.91 Å². The molecule has 1 aliphatic heterocycles. The lowest BCUT2D eigenvalue weighted by atomic mass is 10.2. The molecule has 1 atom stereocenters. The van der Waals surface area contributed by atoms with E-state index in [0.717, 1.165) is 0 Å². The van der Waals surface area contributed by atoms with Crippen LogP contribution in [0, 0.1) is 0 Å². The second kappa shape index (κ2) is 6.02. The lowest BCUT2D eigenvalue weighted by molar-refractivity contribution is -0.0184. The molecule has 0 spiro atoms. The SMILES string of the molecule is O=C(c1ccc(-n2ccnc2)nc1)N1CCOCC1CO. The van der Waals surface area contributed by atoms with Crippen LogP contribution in [0.3, 0.4) is 0 Å². The number of carbonyl (C=O) groups excluding carboxylic acids is 1. The van der Waals surface area contributed by atoms with Gasteiger partial charge in [0.2, 0.25) is 0 Å². The number of pyridine rings is 1. The number of rotatable bonds is 3. The molecular weight excluding hydrogens is 272 g/mol. The first-order chi connectivity index (χ1) is 10.3. The van der Waals surface area contributed by atoms with E-state index in [1.165, 1.54) is 0 Å². The van der Waals surface area contributed by atoms with Crippen LogP contribution < -0.4 is 0 Å². The van der Waals surface area contributed by atoms with E-state index in [2.05, 4.69) is 9.97 Å². The minimum Gasteiger partial charge on any atom is -0.394 e. The Kier molecular flexibility index (Phi) is 3.94. The molecule has 0 aromatic carbocycles. The third kappa shape index (κ3) is 2.79. The van der Waals surface area contributed by atoms with Gasteiger partial charge in [0.15, 0.2) is 0 Å². The first-order valence-corrected chi connectivity index (χ1v) is 6.73. The van der Waals surface area contributed by atoms with Crippen molar-refractivity contribution in [1.82, 2.24) is 19.4 Å². The molecule has 0 bridgehead atoms. The number of carbonyl (C=O) groups is 1. The summed E-state index contributed by atoms with van der Waals surface area (Å²) in [5, 5.41) is 9.33. The smallest absolute Gasteiger partial charge is 0.255 e. The van der Waals surface area contributed by atoms with Crippen molar-refractivity contribution in [1.29, 1.82) is 0 Å². The quantitative estimate of drug-likeness (QED) is 0.866. The summed E-state index contributed by atoms with van der Waals surface area (Å²) in [5.41, 5.74) is 0.499. The van der Waals surface area contributed by atoms with E-state index in [-0.39, 0.29) is 18.6 Å². The van der Waals surface area contributed by atoms with Crippen LogP contribution in [-0.2, 0) is 4.74 Å². The molecule has 1 amide bonds. The molecule has 2 aromatic rings. The number of nitrogens with zero attached hydrogens (tertiary/aromatic N) is 4. The number of imidazole rings is 1. The molecule has 1 aliphatic rings. The highest BCUT2D eigenvalue weighted by molar-refractivity contribution is 5.94. The van der Waals surface area contributed by atoms with Gasteiger partial charge in [0.25, 0.3) is 5.91 Å². The number of aliphatic hydroxyl groups excluding tert-OH is 1. The summed E-state index contributed by atoms with van der Waals surface area (Å²) in [6, 6.07) is 3.21. The summed E-state index contributed by atoms with van der Waals surface area (Å²) in [6.45, 7) is 1.23. The normalized spacial score (nSPS) is 18.7. The van der Waals surface area contributed by atoms with E-state index in [9.17, 15) is 9.90 Å². The number of ether oxygens (including phenoxy) is 1. The van der Waals surface area contributed by atoms with Gasteiger partial charge in [-0.3, -0.25) is 9.36 Å². The lowest BCUT2D eigenvalue weighted by Crippen LogP contribution is -2.50. The van der Waals surface area contributed by atoms with Gasteiger partial charge in [0.1, 0.15) is 12.1 Å². The molecule has 3 rings (SSSR count). The fourth-order valence-corrected chi connectivity index (χ4v) is 2.30. The van der Waals surface area contributed by atoms with Crippen molar-refractivity contribution < 1.29 is 14.6 Å². The van der Waals surface area contributed by atoms with Crippen molar-refractivity contribution in [3.63, 3.8) is 0 Å². The number of aliphatic hydroxyl groups is 1. The Morgan fingerprint density at radius 2 is 2.38 bits per heavy atom. The zero-order chi connectivity index (χ0) is 14.7. The standard InChI is InChI=1S/C14H16N4O3/c19-8-12-9-21-6-5-18(12)14(20)11-1-2-13(16-7-11)17-4-3-15-10-17/h1-4,7,10,12,19H,5-6,8-9H2. The Bertz CT molecular complexity index is 597. The van der Waals surface area contributed by atoms with Gasteiger partial charge in [-0.25, -0.2) is 9.97 Å². The van der Waals surface area contributed by atoms with Crippen LogP contribution in [0.1, 0.15) is 10.4 Å². The fraction of sp³-hybridized carbons (Fsp3) is 0.357. The number of amides is 1. The predicted octanol–water partition coefficient (Wildman–Crippen LogP) is 0.101. The lowest BCUT2D eigenvalue weighted by Gasteiger charge is -2.34. The highest BCUT2D eigenvalue weighted by Crippen LogP contribution is 2.13. The molecule has 2 aromatic heterocycles. The van der Waals surface area contributed by atoms with Crippen molar-refractivity contribution in [2.75, 3.05) is 26.4 Å². The summed E-state index contributed by atoms with van der Waals surface area (Å²) in [4.78, 5) is 22.3. The number of aromatic nitrogens is 3. The van der Waals surface area contributed by atoms with Gasteiger partial charge in [0.05, 0.1) is 31.4 Å². The van der Waals surface area contributed by atoms with E-state index in [4.69, 9.17) is 4.74 Å². The average molecular weight is 288 g/mol. The minimum atomic E-state index is -0.292. The monoisotopic (exact) mass is 288 g/mol. The van der Waals surface area contributed by atoms with Crippen LogP contribution in [0.5, 0.6) is 0 Å². The minimum absolute atomic E-state index is 0.105. The van der Waals surface area contributed by atoms with Crippen molar-refractivity contribution in [2.45, 2.75) is 6.04 Å². The Hall–Kier alpha value is -2.25. The molecule has 1 unspecified atom stereocenters. The second-order valence-corrected chi connectivity index (χ2v) is 4.78. The van der Waals surface area contributed by atoms with E-state index < -0.39 is 0 Å². The molecular formula is C14H16N4O3. The highest BCUT2D eigenvalue weighted by Gasteiger charge is 2.27. The zero-order valence-electron chi connectivity index (χ0n) is 11.4. The van der Waals surface area contributed by atoms with Crippen LogP contribution >= 0.6 is 0 Å². The maximum absolute atomic E-state index is 12.5. The third-order valence-corrected chi connectivity index (χ3v) is 3.46. The molecule has 7 heteroatoms. The summed E-state index contributed by atoms with van der Waals surface area (Å²) in [5.74, 6) is 0.562. The maximum atomic E-state index is 12.5. The molecule has 0 radical (unpaired) electrons. The number of hydrogen-bond donors (Lipinski definition) is 1. The van der Waals surface area contributed by atoms with Gasteiger partial charge in [-0.2, -0.15) is 0 Å². The van der Waals surface area contributed by atoms with Gasteiger partial charge in [0, 0.05) is 25.1 Å². The highest BCUT2D eigenvalue weighted by atomic mass is 16.5. The Balaban J connectivity index is 1.78. The van der Waals surface area contributed by atoms with Crippen molar-refractivity contribution in [2.24, 2.45) is 0 Å². The molecule has 0 aliphatic carbocycles. The van der Waals surface area contributed by atoms with Crippen molar-refractivity contribution in [3.8, 4) is 5.82 Å². The first kappa shape index (κ1) is 13.7. The van der Waals surface area contributed by atoms with Crippen molar-refractivity contribution in [3.05, 3.63) is 42.6 Å².